The molecule has 0 saturated carbocycles. The van der Waals surface area contributed by atoms with Gasteiger partial charge in [0.1, 0.15) is 0 Å². The maximum atomic E-state index is 14.1. The van der Waals surface area contributed by atoms with Crippen molar-refractivity contribution in [3.63, 3.8) is 0 Å². The van der Waals surface area contributed by atoms with Crippen LogP contribution in [0, 0.1) is 0 Å². The van der Waals surface area contributed by atoms with Gasteiger partial charge >= 0.3 is 6.18 Å². The zero-order valence-corrected chi connectivity index (χ0v) is 22.3. The Kier molecular flexibility index (Phi) is 6.36. The molecule has 5 aromatic rings. The van der Waals surface area contributed by atoms with Gasteiger partial charge in [0, 0.05) is 61.3 Å². The van der Waals surface area contributed by atoms with Crippen LogP contribution in [-0.2, 0) is 26.2 Å². The topological polar surface area (TPSA) is 100 Å². The molecule has 41 heavy (non-hydrogen) atoms. The number of hydrogen-bond acceptors (Lipinski definition) is 7. The first-order chi connectivity index (χ1) is 19.7. The summed E-state index contributed by atoms with van der Waals surface area (Å²) in [5.41, 5.74) is 1.75. The van der Waals surface area contributed by atoms with Crippen molar-refractivity contribution in [2.24, 2.45) is 7.05 Å². The summed E-state index contributed by atoms with van der Waals surface area (Å²) in [6.45, 7) is 0.530. The quantitative estimate of drug-likeness (QED) is 0.300. The second-order valence-electron chi connectivity index (χ2n) is 9.63. The van der Waals surface area contributed by atoms with Gasteiger partial charge in [0.2, 0.25) is 0 Å². The van der Waals surface area contributed by atoms with Crippen molar-refractivity contribution < 1.29 is 27.4 Å². The van der Waals surface area contributed by atoms with Crippen molar-refractivity contribution in [1.29, 1.82) is 0 Å². The molecule has 0 unspecified atom stereocenters. The molecule has 2 aromatic carbocycles. The van der Waals surface area contributed by atoms with E-state index in [0.717, 1.165) is 4.68 Å². The Hall–Kier alpha value is -4.94. The van der Waals surface area contributed by atoms with E-state index < -0.39 is 11.9 Å². The van der Waals surface area contributed by atoms with Crippen molar-refractivity contribution in [3.05, 3.63) is 77.8 Å². The molecule has 1 aliphatic heterocycles. The van der Waals surface area contributed by atoms with Crippen molar-refractivity contribution in [3.8, 4) is 22.6 Å². The highest BCUT2D eigenvalue weighted by Crippen LogP contribution is 2.41. The number of hydrogen-bond donors (Lipinski definition) is 0. The number of methoxy groups -OCH3 is 2. The Bertz CT molecular complexity index is 1780. The summed E-state index contributed by atoms with van der Waals surface area (Å²) >= 11 is 0. The number of aromatic nitrogens is 6. The van der Waals surface area contributed by atoms with Gasteiger partial charge in [-0.3, -0.25) is 9.48 Å². The van der Waals surface area contributed by atoms with Crippen molar-refractivity contribution in [2.75, 3.05) is 25.7 Å². The lowest BCUT2D eigenvalue weighted by molar-refractivity contribution is -0.140. The summed E-state index contributed by atoms with van der Waals surface area (Å²) in [5, 5.41) is 12.6. The number of halogens is 3. The summed E-state index contributed by atoms with van der Waals surface area (Å²) < 4.78 is 55.8. The molecular weight excluding hydrogens is 539 g/mol. The van der Waals surface area contributed by atoms with Crippen LogP contribution in [0.2, 0.25) is 0 Å². The van der Waals surface area contributed by atoms with E-state index in [1.54, 1.807) is 52.5 Å². The monoisotopic (exact) mass is 563 g/mol. The van der Waals surface area contributed by atoms with E-state index >= 15 is 0 Å². The van der Waals surface area contributed by atoms with E-state index in [2.05, 4.69) is 20.3 Å². The fraction of sp³-hybridized carbons (Fsp3) is 0.250. The van der Waals surface area contributed by atoms with Crippen LogP contribution in [0.4, 0.5) is 18.9 Å². The fourth-order valence-electron chi connectivity index (χ4n) is 5.30. The maximum Gasteiger partial charge on any atom is 0.435 e. The van der Waals surface area contributed by atoms with Gasteiger partial charge in [-0.2, -0.15) is 28.5 Å². The van der Waals surface area contributed by atoms with Crippen molar-refractivity contribution >= 4 is 22.5 Å². The summed E-state index contributed by atoms with van der Waals surface area (Å²) in [4.78, 5) is 19.7. The molecule has 1 amide bonds. The van der Waals surface area contributed by atoms with Gasteiger partial charge in [-0.05, 0) is 41.3 Å². The van der Waals surface area contributed by atoms with Crippen LogP contribution in [0.3, 0.4) is 0 Å². The predicted octanol–water partition coefficient (Wildman–Crippen LogP) is 4.51. The van der Waals surface area contributed by atoms with Gasteiger partial charge in [-0.25, -0.2) is 4.98 Å². The molecule has 0 atom stereocenters. The van der Waals surface area contributed by atoms with Crippen molar-refractivity contribution in [2.45, 2.75) is 19.1 Å². The van der Waals surface area contributed by atoms with Crippen LogP contribution < -0.4 is 14.4 Å². The number of imidazole rings is 1. The number of alkyl halides is 3. The SMILES string of the molecule is COc1cc2nncc(N3CCc4c(cc(Cn5ccnc5)cc4-c4cn(C)nc4C(F)(F)F)C3=O)c2cc1OC. The maximum absolute atomic E-state index is 14.1. The van der Waals surface area contributed by atoms with Crippen LogP contribution in [0.15, 0.2) is 55.4 Å². The van der Waals surface area contributed by atoms with Crippen LogP contribution in [0.1, 0.15) is 27.2 Å². The second-order valence-corrected chi connectivity index (χ2v) is 9.63. The van der Waals surface area contributed by atoms with Gasteiger partial charge in [0.15, 0.2) is 17.2 Å². The molecule has 0 fully saturated rings. The summed E-state index contributed by atoms with van der Waals surface area (Å²) in [6.07, 6.45) is 3.44. The predicted molar refractivity (Wildman–Crippen MR) is 143 cm³/mol. The van der Waals surface area contributed by atoms with Crippen LogP contribution in [0.25, 0.3) is 22.0 Å². The van der Waals surface area contributed by atoms with E-state index in [9.17, 15) is 18.0 Å². The fourth-order valence-corrected chi connectivity index (χ4v) is 5.30. The number of aryl methyl sites for hydroxylation is 1. The normalized spacial score (nSPS) is 13.5. The molecule has 0 spiro atoms. The molecular formula is C28H24F3N7O3. The lowest BCUT2D eigenvalue weighted by atomic mass is 9.88. The molecule has 6 rings (SSSR count). The number of ether oxygens (including phenoxy) is 2. The zero-order valence-electron chi connectivity index (χ0n) is 22.3. The van der Waals surface area contributed by atoms with E-state index in [1.165, 1.54) is 33.7 Å². The molecule has 0 aliphatic carbocycles. The number of nitrogens with zero attached hydrogens (tertiary/aromatic N) is 7. The smallest absolute Gasteiger partial charge is 0.435 e. The van der Waals surface area contributed by atoms with E-state index in [4.69, 9.17) is 9.47 Å². The number of amides is 1. The summed E-state index contributed by atoms with van der Waals surface area (Å²) in [6, 6.07) is 6.84. The average molecular weight is 564 g/mol. The third-order valence-electron chi connectivity index (χ3n) is 7.10. The highest BCUT2D eigenvalue weighted by Gasteiger charge is 2.39. The number of rotatable bonds is 6. The molecule has 210 valence electrons. The summed E-state index contributed by atoms with van der Waals surface area (Å²) in [5.74, 6) is 0.564. The van der Waals surface area contributed by atoms with E-state index in [1.807, 2.05) is 0 Å². The lowest BCUT2D eigenvalue weighted by Crippen LogP contribution is -2.38. The minimum atomic E-state index is -4.67. The van der Waals surface area contributed by atoms with Crippen LogP contribution in [-0.4, -0.2) is 56.2 Å². The molecule has 0 bridgehead atoms. The Morgan fingerprint density at radius 1 is 1.02 bits per heavy atom. The standard InChI is InChI=1S/C28H24F3N7O3/c1-36-14-21(26(35-36)28(29,30)31)18-8-16(13-37-7-5-32-15-37)9-19-17(18)4-6-38(27(19)39)23-12-33-34-22-11-25(41-3)24(40-2)10-20(22)23/h5,7-12,14-15H,4,6,13H2,1-3H3. The number of carbonyl (C=O) groups excluding carboxylic acids is 1. The highest BCUT2D eigenvalue weighted by atomic mass is 19.4. The first-order valence-electron chi connectivity index (χ1n) is 12.6. The van der Waals surface area contributed by atoms with E-state index in [0.29, 0.717) is 63.3 Å². The molecule has 0 N–H and O–H groups in total. The van der Waals surface area contributed by atoms with Crippen LogP contribution >= 0.6 is 0 Å². The van der Waals surface area contributed by atoms with Gasteiger partial charge in [-0.15, -0.1) is 0 Å². The third kappa shape index (κ3) is 4.62. The Labute approximate surface area is 231 Å². The molecule has 3 aromatic heterocycles. The number of fused-ring (bicyclic) bond motifs is 2. The molecule has 10 nitrogen and oxygen atoms in total. The average Bonchev–Trinajstić information content (AvgIpc) is 3.61. The van der Waals surface area contributed by atoms with Gasteiger partial charge in [0.05, 0.1) is 37.9 Å². The second kappa shape index (κ2) is 9.91. The number of anilines is 1. The third-order valence-corrected chi connectivity index (χ3v) is 7.10. The first kappa shape index (κ1) is 26.3. The van der Waals surface area contributed by atoms with E-state index in [-0.39, 0.29) is 18.0 Å². The Morgan fingerprint density at radius 2 is 1.78 bits per heavy atom. The minimum absolute atomic E-state index is 0.0714. The molecule has 0 saturated heterocycles. The van der Waals surface area contributed by atoms with Crippen molar-refractivity contribution in [1.82, 2.24) is 29.5 Å². The largest absolute Gasteiger partial charge is 0.493 e. The first-order valence-corrected chi connectivity index (χ1v) is 12.6. The Balaban J connectivity index is 1.51. The number of benzene rings is 2. The molecule has 0 radical (unpaired) electrons. The number of carbonyl (C=O) groups is 1. The lowest BCUT2D eigenvalue weighted by Gasteiger charge is -2.31. The van der Waals surface area contributed by atoms with Crippen LogP contribution in [0.5, 0.6) is 11.5 Å². The minimum Gasteiger partial charge on any atom is -0.493 e. The van der Waals surface area contributed by atoms with Gasteiger partial charge in [0.25, 0.3) is 5.91 Å². The van der Waals surface area contributed by atoms with Gasteiger partial charge in [-0.1, -0.05) is 0 Å². The molecule has 4 heterocycles. The zero-order chi connectivity index (χ0) is 28.9. The Morgan fingerprint density at radius 3 is 2.49 bits per heavy atom. The molecule has 13 heteroatoms. The molecule has 1 aliphatic rings. The summed E-state index contributed by atoms with van der Waals surface area (Å²) in [7, 11) is 4.47. The highest BCUT2D eigenvalue weighted by molar-refractivity contribution is 6.13. The van der Waals surface area contributed by atoms with Gasteiger partial charge < -0.3 is 18.9 Å².